The zero-order valence-electron chi connectivity index (χ0n) is 10.3. The van der Waals surface area contributed by atoms with Crippen LogP contribution in [-0.2, 0) is 4.79 Å². The molecule has 0 radical (unpaired) electrons. The maximum Gasteiger partial charge on any atom is 0.231 e. The van der Waals surface area contributed by atoms with E-state index >= 15 is 0 Å². The summed E-state index contributed by atoms with van der Waals surface area (Å²) in [5, 5.41) is 9.53. The number of carbonyl (C=O) groups is 1. The molecule has 94 valence electrons. The molecule has 0 bridgehead atoms. The van der Waals surface area contributed by atoms with Crippen molar-refractivity contribution in [2.45, 2.75) is 13.3 Å². The van der Waals surface area contributed by atoms with E-state index in [1.165, 1.54) is 10.1 Å². The fourth-order valence-electron chi connectivity index (χ4n) is 2.34. The highest BCUT2D eigenvalue weighted by Crippen LogP contribution is 2.28. The lowest BCUT2D eigenvalue weighted by Gasteiger charge is -2.21. The summed E-state index contributed by atoms with van der Waals surface area (Å²) in [7, 11) is 0. The van der Waals surface area contributed by atoms with Crippen LogP contribution in [0.4, 0.5) is 5.69 Å². The molecule has 1 atom stereocenters. The second-order valence-corrected chi connectivity index (χ2v) is 6.06. The van der Waals surface area contributed by atoms with E-state index in [1.54, 1.807) is 11.3 Å². The van der Waals surface area contributed by atoms with Gasteiger partial charge in [0.05, 0.1) is 5.41 Å². The fourth-order valence-corrected chi connectivity index (χ4v) is 3.11. The number of benzene rings is 1. The number of fused-ring (bicyclic) bond motifs is 1. The molecular weight excluding hydrogens is 244 g/mol. The van der Waals surface area contributed by atoms with Gasteiger partial charge < -0.3 is 10.6 Å². The van der Waals surface area contributed by atoms with E-state index in [1.807, 2.05) is 19.1 Å². The van der Waals surface area contributed by atoms with Gasteiger partial charge in [-0.05, 0) is 54.9 Å². The molecule has 0 aliphatic carbocycles. The maximum atomic E-state index is 12.3. The van der Waals surface area contributed by atoms with Crippen molar-refractivity contribution in [3.8, 4) is 0 Å². The first kappa shape index (κ1) is 11.7. The molecule has 0 saturated carbocycles. The second kappa shape index (κ2) is 4.37. The lowest BCUT2D eigenvalue weighted by molar-refractivity contribution is -0.123. The molecule has 1 unspecified atom stereocenters. The van der Waals surface area contributed by atoms with Crippen LogP contribution in [0.2, 0.25) is 0 Å². The van der Waals surface area contributed by atoms with Crippen molar-refractivity contribution in [3.05, 3.63) is 29.6 Å². The van der Waals surface area contributed by atoms with Crippen LogP contribution in [0.3, 0.4) is 0 Å². The van der Waals surface area contributed by atoms with Gasteiger partial charge in [0, 0.05) is 16.9 Å². The van der Waals surface area contributed by atoms with Gasteiger partial charge in [0.1, 0.15) is 0 Å². The molecule has 1 fully saturated rings. The predicted octanol–water partition coefficient (Wildman–Crippen LogP) is 2.84. The van der Waals surface area contributed by atoms with Crippen LogP contribution in [0.5, 0.6) is 0 Å². The Morgan fingerprint density at radius 1 is 1.44 bits per heavy atom. The predicted molar refractivity (Wildman–Crippen MR) is 76.0 cm³/mol. The lowest BCUT2D eigenvalue weighted by atomic mass is 9.89. The largest absolute Gasteiger partial charge is 0.326 e. The van der Waals surface area contributed by atoms with Crippen molar-refractivity contribution in [3.63, 3.8) is 0 Å². The molecule has 3 rings (SSSR count). The Labute approximate surface area is 110 Å². The number of anilines is 1. The Hall–Kier alpha value is -1.39. The zero-order valence-corrected chi connectivity index (χ0v) is 11.1. The molecule has 1 aliphatic rings. The summed E-state index contributed by atoms with van der Waals surface area (Å²) in [6.45, 7) is 3.71. The minimum atomic E-state index is -0.274. The van der Waals surface area contributed by atoms with E-state index in [4.69, 9.17) is 0 Å². The topological polar surface area (TPSA) is 41.1 Å². The summed E-state index contributed by atoms with van der Waals surface area (Å²) in [6, 6.07) is 8.15. The van der Waals surface area contributed by atoms with E-state index in [2.05, 4.69) is 28.1 Å². The minimum Gasteiger partial charge on any atom is -0.326 e. The first-order chi connectivity index (χ1) is 8.67. The monoisotopic (exact) mass is 260 g/mol. The lowest BCUT2D eigenvalue weighted by Crippen LogP contribution is -2.35. The van der Waals surface area contributed by atoms with Gasteiger partial charge in [0.15, 0.2) is 0 Å². The van der Waals surface area contributed by atoms with Crippen molar-refractivity contribution in [1.82, 2.24) is 5.32 Å². The van der Waals surface area contributed by atoms with Gasteiger partial charge in [-0.15, -0.1) is 11.3 Å². The Kier molecular flexibility index (Phi) is 2.84. The summed E-state index contributed by atoms with van der Waals surface area (Å²) >= 11 is 1.72. The first-order valence-corrected chi connectivity index (χ1v) is 7.05. The summed E-state index contributed by atoms with van der Waals surface area (Å²) in [6.07, 6.45) is 0.902. The van der Waals surface area contributed by atoms with Gasteiger partial charge in [0.2, 0.25) is 5.91 Å². The third-order valence-corrected chi connectivity index (χ3v) is 4.53. The van der Waals surface area contributed by atoms with Crippen LogP contribution >= 0.6 is 11.3 Å². The maximum absolute atomic E-state index is 12.3. The summed E-state index contributed by atoms with van der Waals surface area (Å²) < 4.78 is 1.25. The van der Waals surface area contributed by atoms with Crippen molar-refractivity contribution in [2.75, 3.05) is 18.4 Å². The number of thiophene rings is 1. The van der Waals surface area contributed by atoms with Gasteiger partial charge in [0.25, 0.3) is 0 Å². The number of carbonyl (C=O) groups excluding carboxylic acids is 1. The van der Waals surface area contributed by atoms with Gasteiger partial charge in [-0.1, -0.05) is 0 Å². The Bertz CT molecular complexity index is 584. The highest BCUT2D eigenvalue weighted by molar-refractivity contribution is 7.17. The Morgan fingerprint density at radius 2 is 2.33 bits per heavy atom. The molecule has 18 heavy (non-hydrogen) atoms. The highest BCUT2D eigenvalue weighted by atomic mass is 32.1. The molecule has 1 amide bonds. The molecule has 1 aromatic heterocycles. The van der Waals surface area contributed by atoms with Crippen molar-refractivity contribution >= 4 is 33.0 Å². The van der Waals surface area contributed by atoms with Crippen LogP contribution < -0.4 is 10.6 Å². The van der Waals surface area contributed by atoms with Crippen LogP contribution in [0.1, 0.15) is 13.3 Å². The molecule has 3 nitrogen and oxygen atoms in total. The van der Waals surface area contributed by atoms with Gasteiger partial charge in [-0.2, -0.15) is 0 Å². The number of hydrogen-bond acceptors (Lipinski definition) is 3. The number of nitrogens with one attached hydrogen (secondary N) is 2. The normalized spacial score (nSPS) is 23.4. The molecule has 0 spiro atoms. The van der Waals surface area contributed by atoms with E-state index < -0.39 is 0 Å². The molecule has 4 heteroatoms. The van der Waals surface area contributed by atoms with Gasteiger partial charge in [-0.25, -0.2) is 0 Å². The zero-order chi connectivity index (χ0) is 12.6. The third kappa shape index (κ3) is 2.02. The highest BCUT2D eigenvalue weighted by Gasteiger charge is 2.36. The molecule has 1 aromatic carbocycles. The van der Waals surface area contributed by atoms with E-state index in [0.717, 1.165) is 25.2 Å². The van der Waals surface area contributed by atoms with E-state index in [-0.39, 0.29) is 11.3 Å². The average Bonchev–Trinajstić information content (AvgIpc) is 2.98. The Morgan fingerprint density at radius 3 is 3.11 bits per heavy atom. The average molecular weight is 260 g/mol. The van der Waals surface area contributed by atoms with Crippen LogP contribution in [-0.4, -0.2) is 19.0 Å². The molecule has 2 heterocycles. The third-order valence-electron chi connectivity index (χ3n) is 3.63. The molecule has 1 aliphatic heterocycles. The smallest absolute Gasteiger partial charge is 0.231 e. The Balaban J connectivity index is 1.81. The minimum absolute atomic E-state index is 0.113. The molecule has 2 aromatic rings. The summed E-state index contributed by atoms with van der Waals surface area (Å²) in [5.74, 6) is 0.113. The SMILES string of the molecule is CC1(C(=O)Nc2ccc3sccc3c2)CCNC1. The first-order valence-electron chi connectivity index (χ1n) is 6.17. The second-order valence-electron chi connectivity index (χ2n) is 5.11. The van der Waals surface area contributed by atoms with Crippen LogP contribution in [0.15, 0.2) is 29.6 Å². The van der Waals surface area contributed by atoms with E-state index in [0.29, 0.717) is 0 Å². The fraction of sp³-hybridized carbons (Fsp3) is 0.357. The van der Waals surface area contributed by atoms with Crippen molar-refractivity contribution in [1.29, 1.82) is 0 Å². The molecule has 1 saturated heterocycles. The quantitative estimate of drug-likeness (QED) is 0.871. The van der Waals surface area contributed by atoms with Crippen LogP contribution in [0.25, 0.3) is 10.1 Å². The van der Waals surface area contributed by atoms with Crippen molar-refractivity contribution < 1.29 is 4.79 Å². The number of amides is 1. The van der Waals surface area contributed by atoms with Crippen molar-refractivity contribution in [2.24, 2.45) is 5.41 Å². The number of hydrogen-bond donors (Lipinski definition) is 2. The van der Waals surface area contributed by atoms with E-state index in [9.17, 15) is 4.79 Å². The molecule has 2 N–H and O–H groups in total. The van der Waals surface area contributed by atoms with Gasteiger partial charge >= 0.3 is 0 Å². The summed E-state index contributed by atoms with van der Waals surface area (Å²) in [5.41, 5.74) is 0.614. The van der Waals surface area contributed by atoms with Gasteiger partial charge in [-0.3, -0.25) is 4.79 Å². The summed E-state index contributed by atoms with van der Waals surface area (Å²) in [4.78, 5) is 12.3. The standard InChI is InChI=1S/C14H16N2OS/c1-14(5-6-15-9-14)13(17)16-11-2-3-12-10(8-11)4-7-18-12/h2-4,7-8,15H,5-6,9H2,1H3,(H,16,17). The molecular formula is C14H16N2OS. The number of rotatable bonds is 2. The van der Waals surface area contributed by atoms with Crippen LogP contribution in [0, 0.1) is 5.41 Å².